The van der Waals surface area contributed by atoms with Crippen LogP contribution >= 0.6 is 0 Å². The van der Waals surface area contributed by atoms with E-state index in [4.69, 9.17) is 19.9 Å². The van der Waals surface area contributed by atoms with Crippen molar-refractivity contribution in [3.63, 3.8) is 0 Å². The van der Waals surface area contributed by atoms with Crippen molar-refractivity contribution in [2.75, 3.05) is 13.3 Å². The predicted molar refractivity (Wildman–Crippen MR) is 113 cm³/mol. The van der Waals surface area contributed by atoms with Crippen LogP contribution in [0.1, 0.15) is 20.7 Å². The Balaban J connectivity index is 1.56. The highest BCUT2D eigenvalue weighted by Gasteiger charge is 2.64. The number of rotatable bonds is 6. The number of nitrogens with one attached hydrogen (secondary N) is 1. The number of urea groups is 1. The SMILES string of the molecule is NC1=NCN([C@@H]2O[C@H](COC(=O)c3ccccc3)[C@@H](OC(=O)c3ccccc3)C2(F)F)C(=O)N1. The van der Waals surface area contributed by atoms with E-state index in [9.17, 15) is 14.4 Å². The zero-order valence-corrected chi connectivity index (χ0v) is 17.6. The van der Waals surface area contributed by atoms with Crippen molar-refractivity contribution in [2.24, 2.45) is 10.7 Å². The van der Waals surface area contributed by atoms with Crippen LogP contribution in [0, 0.1) is 0 Å². The van der Waals surface area contributed by atoms with Gasteiger partial charge in [-0.2, -0.15) is 8.78 Å². The molecule has 1 saturated heterocycles. The van der Waals surface area contributed by atoms with Gasteiger partial charge in [0.25, 0.3) is 0 Å². The first kappa shape index (κ1) is 23.1. The summed E-state index contributed by atoms with van der Waals surface area (Å²) in [4.78, 5) is 41.4. The summed E-state index contributed by atoms with van der Waals surface area (Å²) < 4.78 is 46.6. The molecule has 2 aromatic rings. The summed E-state index contributed by atoms with van der Waals surface area (Å²) in [6.45, 7) is -1.17. The van der Waals surface area contributed by atoms with Gasteiger partial charge >= 0.3 is 23.9 Å². The largest absolute Gasteiger partial charge is 0.459 e. The van der Waals surface area contributed by atoms with Crippen molar-refractivity contribution in [3.05, 3.63) is 71.8 Å². The summed E-state index contributed by atoms with van der Waals surface area (Å²) >= 11 is 0. The molecule has 2 aliphatic heterocycles. The van der Waals surface area contributed by atoms with Crippen LogP contribution in [-0.2, 0) is 14.2 Å². The first-order valence-corrected chi connectivity index (χ1v) is 10.2. The van der Waals surface area contributed by atoms with Crippen LogP contribution < -0.4 is 11.1 Å². The molecular formula is C22H20F2N4O6. The molecule has 178 valence electrons. The minimum Gasteiger partial charge on any atom is -0.459 e. The molecule has 2 aromatic carbocycles. The summed E-state index contributed by atoms with van der Waals surface area (Å²) in [6, 6.07) is 14.5. The van der Waals surface area contributed by atoms with E-state index in [2.05, 4.69) is 10.3 Å². The normalized spacial score (nSPS) is 23.6. The fourth-order valence-corrected chi connectivity index (χ4v) is 3.47. The molecule has 0 radical (unpaired) electrons. The van der Waals surface area contributed by atoms with Gasteiger partial charge in [0.2, 0.25) is 6.23 Å². The molecule has 12 heteroatoms. The van der Waals surface area contributed by atoms with Crippen molar-refractivity contribution in [1.82, 2.24) is 10.2 Å². The zero-order chi connectivity index (χ0) is 24.3. The lowest BCUT2D eigenvalue weighted by Gasteiger charge is -2.32. The van der Waals surface area contributed by atoms with Crippen molar-refractivity contribution in [3.8, 4) is 0 Å². The Kier molecular flexibility index (Phi) is 6.41. The first-order chi connectivity index (χ1) is 16.3. The molecule has 2 heterocycles. The molecule has 0 spiro atoms. The molecule has 0 aliphatic carbocycles. The second kappa shape index (κ2) is 9.43. The van der Waals surface area contributed by atoms with Gasteiger partial charge in [-0.1, -0.05) is 36.4 Å². The molecule has 34 heavy (non-hydrogen) atoms. The number of ether oxygens (including phenoxy) is 3. The Labute approximate surface area is 192 Å². The number of carbonyl (C=O) groups excluding carboxylic acids is 3. The minimum absolute atomic E-state index is 0.0369. The highest BCUT2D eigenvalue weighted by Crippen LogP contribution is 2.41. The smallest absolute Gasteiger partial charge is 0.338 e. The highest BCUT2D eigenvalue weighted by molar-refractivity contribution is 5.97. The van der Waals surface area contributed by atoms with Gasteiger partial charge in [0.05, 0.1) is 11.1 Å². The number of guanidine groups is 1. The Bertz CT molecular complexity index is 1100. The third kappa shape index (κ3) is 4.66. The fraction of sp³-hybridized carbons (Fsp3) is 0.273. The molecule has 4 rings (SSSR count). The summed E-state index contributed by atoms with van der Waals surface area (Å²) in [6.07, 6.45) is -5.89. The number of esters is 2. The molecular weight excluding hydrogens is 454 g/mol. The number of hydrogen-bond donors (Lipinski definition) is 2. The number of alkyl halides is 2. The Morgan fingerprint density at radius 3 is 2.26 bits per heavy atom. The molecule has 10 nitrogen and oxygen atoms in total. The fourth-order valence-electron chi connectivity index (χ4n) is 3.47. The molecule has 0 saturated carbocycles. The van der Waals surface area contributed by atoms with Crippen LogP contribution in [0.15, 0.2) is 65.7 Å². The van der Waals surface area contributed by atoms with E-state index in [1.54, 1.807) is 36.4 Å². The van der Waals surface area contributed by atoms with Crippen LogP contribution in [0.4, 0.5) is 13.6 Å². The Hall–Kier alpha value is -4.06. The topological polar surface area (TPSA) is 133 Å². The van der Waals surface area contributed by atoms with E-state index in [1.807, 2.05) is 0 Å². The summed E-state index contributed by atoms with van der Waals surface area (Å²) in [5.41, 5.74) is 5.64. The molecule has 3 N–H and O–H groups in total. The molecule has 0 bridgehead atoms. The van der Waals surface area contributed by atoms with Crippen molar-refractivity contribution < 1.29 is 37.4 Å². The third-order valence-corrected chi connectivity index (χ3v) is 5.15. The first-order valence-electron chi connectivity index (χ1n) is 10.2. The van der Waals surface area contributed by atoms with E-state index in [-0.39, 0.29) is 17.1 Å². The summed E-state index contributed by atoms with van der Waals surface area (Å²) in [5, 5.41) is 2.12. The number of amides is 2. The van der Waals surface area contributed by atoms with E-state index in [0.717, 1.165) is 0 Å². The molecule has 0 aromatic heterocycles. The monoisotopic (exact) mass is 474 g/mol. The van der Waals surface area contributed by atoms with Crippen molar-refractivity contribution in [1.29, 1.82) is 0 Å². The maximum Gasteiger partial charge on any atom is 0.338 e. The van der Waals surface area contributed by atoms with Crippen LogP contribution in [0.2, 0.25) is 0 Å². The number of nitrogens with two attached hydrogens (primary N) is 1. The van der Waals surface area contributed by atoms with Gasteiger partial charge < -0.3 is 19.9 Å². The van der Waals surface area contributed by atoms with Crippen molar-refractivity contribution >= 4 is 23.9 Å². The van der Waals surface area contributed by atoms with E-state index < -0.39 is 55.6 Å². The molecule has 3 atom stereocenters. The lowest BCUT2D eigenvalue weighted by Crippen LogP contribution is -2.59. The average molecular weight is 474 g/mol. The van der Waals surface area contributed by atoms with Gasteiger partial charge in [-0.3, -0.25) is 10.2 Å². The van der Waals surface area contributed by atoms with E-state index >= 15 is 8.78 Å². The maximum absolute atomic E-state index is 15.5. The van der Waals surface area contributed by atoms with Gasteiger partial charge in [-0.15, -0.1) is 0 Å². The van der Waals surface area contributed by atoms with Crippen LogP contribution in [0.5, 0.6) is 0 Å². The molecule has 0 unspecified atom stereocenters. The second-order valence-corrected chi connectivity index (χ2v) is 7.44. The number of carbonyl (C=O) groups is 3. The minimum atomic E-state index is -3.87. The van der Waals surface area contributed by atoms with Gasteiger partial charge in [-0.05, 0) is 24.3 Å². The summed E-state index contributed by atoms with van der Waals surface area (Å²) in [5.74, 6) is -5.91. The molecule has 2 aliphatic rings. The van der Waals surface area contributed by atoms with Crippen LogP contribution in [0.3, 0.4) is 0 Å². The number of benzene rings is 2. The van der Waals surface area contributed by atoms with Gasteiger partial charge in [0.15, 0.2) is 12.1 Å². The number of halogens is 2. The average Bonchev–Trinajstić information content (AvgIpc) is 3.08. The Morgan fingerprint density at radius 2 is 1.68 bits per heavy atom. The van der Waals surface area contributed by atoms with Crippen molar-refractivity contribution in [2.45, 2.75) is 24.4 Å². The summed E-state index contributed by atoms with van der Waals surface area (Å²) in [7, 11) is 0. The lowest BCUT2D eigenvalue weighted by atomic mass is 10.1. The zero-order valence-electron chi connectivity index (χ0n) is 17.6. The Morgan fingerprint density at radius 1 is 1.09 bits per heavy atom. The van der Waals surface area contributed by atoms with Crippen LogP contribution in [0.25, 0.3) is 0 Å². The van der Waals surface area contributed by atoms with Gasteiger partial charge in [0.1, 0.15) is 19.4 Å². The lowest BCUT2D eigenvalue weighted by molar-refractivity contribution is -0.155. The number of aliphatic imine (C=N–C) groups is 1. The van der Waals surface area contributed by atoms with E-state index in [0.29, 0.717) is 4.90 Å². The quantitative estimate of drug-likeness (QED) is 0.610. The number of nitrogens with zero attached hydrogens (tertiary/aromatic N) is 2. The number of hydrogen-bond acceptors (Lipinski definition) is 8. The predicted octanol–water partition coefficient (Wildman–Crippen LogP) is 1.73. The molecule has 1 fully saturated rings. The van der Waals surface area contributed by atoms with Crippen LogP contribution in [-0.4, -0.2) is 66.5 Å². The third-order valence-electron chi connectivity index (χ3n) is 5.15. The van der Waals surface area contributed by atoms with E-state index in [1.165, 1.54) is 24.3 Å². The van der Waals surface area contributed by atoms with Gasteiger partial charge in [0, 0.05) is 0 Å². The standard InChI is InChI=1S/C22H20F2N4O6/c23-22(24)16(34-18(30)14-9-5-2-6-10-14)15(11-32-17(29)13-7-3-1-4-8-13)33-19(22)28-12-26-20(25)27-21(28)31/h1-10,15-16,19H,11-12H2,(H3,25,26,27,31)/t15-,16-,19-/m1/s1. The highest BCUT2D eigenvalue weighted by atomic mass is 19.3. The maximum atomic E-state index is 15.5. The molecule has 2 amide bonds. The second-order valence-electron chi connectivity index (χ2n) is 7.44. The van der Waals surface area contributed by atoms with Gasteiger partial charge in [-0.25, -0.2) is 19.4 Å².